The van der Waals surface area contributed by atoms with Crippen LogP contribution in [0.3, 0.4) is 0 Å². The van der Waals surface area contributed by atoms with Crippen LogP contribution in [0.1, 0.15) is 12.5 Å². The Balaban J connectivity index is 2.34. The summed E-state index contributed by atoms with van der Waals surface area (Å²) >= 11 is 0. The van der Waals surface area contributed by atoms with Crippen LogP contribution in [-0.4, -0.2) is 17.6 Å². The number of nitrogens with one attached hydrogen (secondary N) is 1. The van der Waals surface area contributed by atoms with E-state index in [0.29, 0.717) is 0 Å². The highest BCUT2D eigenvalue weighted by Gasteiger charge is 2.04. The van der Waals surface area contributed by atoms with Crippen LogP contribution in [0.15, 0.2) is 30.3 Å². The molecule has 0 aliphatic heterocycles. The van der Waals surface area contributed by atoms with Crippen molar-refractivity contribution in [2.24, 2.45) is 0 Å². The van der Waals surface area contributed by atoms with Crippen molar-refractivity contribution in [1.82, 2.24) is 5.32 Å². The molecular formula is C10H14N2O2. The molecule has 0 aromatic heterocycles. The van der Waals surface area contributed by atoms with E-state index >= 15 is 0 Å². The fraction of sp³-hybridized carbons (Fsp3) is 0.400. The summed E-state index contributed by atoms with van der Waals surface area (Å²) in [4.78, 5) is 9.74. The van der Waals surface area contributed by atoms with Gasteiger partial charge in [-0.1, -0.05) is 30.3 Å². The van der Waals surface area contributed by atoms with Gasteiger partial charge in [0.25, 0.3) is 6.67 Å². The standard InChI is InChI=1S/C10H14N2O2/c1-9(11-8-12(13)14)7-10-5-3-2-4-6-10/h2-6,9,11H,7-8H2,1H3. The van der Waals surface area contributed by atoms with Crippen molar-refractivity contribution in [3.05, 3.63) is 46.0 Å². The quantitative estimate of drug-likeness (QED) is 0.438. The third-order valence-electron chi connectivity index (χ3n) is 1.95. The van der Waals surface area contributed by atoms with E-state index in [0.717, 1.165) is 6.42 Å². The molecule has 0 bridgehead atoms. The largest absolute Gasteiger partial charge is 0.263 e. The molecule has 1 aromatic carbocycles. The van der Waals surface area contributed by atoms with Gasteiger partial charge in [0.1, 0.15) is 0 Å². The molecule has 0 heterocycles. The van der Waals surface area contributed by atoms with Gasteiger partial charge in [-0.05, 0) is 18.9 Å². The summed E-state index contributed by atoms with van der Waals surface area (Å²) in [5.41, 5.74) is 1.19. The Morgan fingerprint density at radius 1 is 1.43 bits per heavy atom. The predicted molar refractivity (Wildman–Crippen MR) is 54.6 cm³/mol. The van der Waals surface area contributed by atoms with Gasteiger partial charge in [-0.15, -0.1) is 0 Å². The molecular weight excluding hydrogens is 180 g/mol. The second-order valence-corrected chi connectivity index (χ2v) is 3.29. The van der Waals surface area contributed by atoms with Crippen molar-refractivity contribution in [2.45, 2.75) is 19.4 Å². The van der Waals surface area contributed by atoms with Gasteiger partial charge >= 0.3 is 0 Å². The Morgan fingerprint density at radius 3 is 2.64 bits per heavy atom. The average molecular weight is 194 g/mol. The minimum absolute atomic E-state index is 0.128. The first-order chi connectivity index (χ1) is 6.68. The van der Waals surface area contributed by atoms with Crippen molar-refractivity contribution in [2.75, 3.05) is 6.67 Å². The van der Waals surface area contributed by atoms with Gasteiger partial charge in [0, 0.05) is 11.0 Å². The molecule has 0 aliphatic rings. The molecule has 1 N–H and O–H groups in total. The topological polar surface area (TPSA) is 55.2 Å². The van der Waals surface area contributed by atoms with E-state index in [1.165, 1.54) is 5.56 Å². The maximum atomic E-state index is 10.1. The molecule has 1 aromatic rings. The summed E-state index contributed by atoms with van der Waals surface area (Å²) in [5.74, 6) is 0. The predicted octanol–water partition coefficient (Wildman–Crippen LogP) is 1.44. The number of nitro groups is 1. The number of nitrogens with zero attached hydrogens (tertiary/aromatic N) is 1. The van der Waals surface area contributed by atoms with Crippen LogP contribution in [0.4, 0.5) is 0 Å². The SMILES string of the molecule is CC(Cc1ccccc1)NC[N+](=O)[O-]. The van der Waals surface area contributed by atoms with Crippen LogP contribution in [0.2, 0.25) is 0 Å². The van der Waals surface area contributed by atoms with E-state index in [4.69, 9.17) is 0 Å². The average Bonchev–Trinajstić information content (AvgIpc) is 2.16. The molecule has 0 amide bonds. The highest BCUT2D eigenvalue weighted by Crippen LogP contribution is 2.02. The molecule has 4 heteroatoms. The molecule has 0 saturated carbocycles. The Kier molecular flexibility index (Phi) is 4.07. The zero-order chi connectivity index (χ0) is 10.4. The lowest BCUT2D eigenvalue weighted by Gasteiger charge is -2.10. The molecule has 0 fully saturated rings. The van der Waals surface area contributed by atoms with Crippen molar-refractivity contribution in [3.63, 3.8) is 0 Å². The van der Waals surface area contributed by atoms with E-state index in [-0.39, 0.29) is 17.6 Å². The summed E-state index contributed by atoms with van der Waals surface area (Å²) in [6.45, 7) is 1.77. The fourth-order valence-corrected chi connectivity index (χ4v) is 1.27. The molecule has 0 aliphatic carbocycles. The zero-order valence-corrected chi connectivity index (χ0v) is 8.14. The van der Waals surface area contributed by atoms with Gasteiger partial charge in [0.2, 0.25) is 0 Å². The van der Waals surface area contributed by atoms with Crippen LogP contribution in [0.5, 0.6) is 0 Å². The van der Waals surface area contributed by atoms with Crippen LogP contribution in [-0.2, 0) is 6.42 Å². The molecule has 76 valence electrons. The van der Waals surface area contributed by atoms with Gasteiger partial charge in [-0.25, -0.2) is 0 Å². The van der Waals surface area contributed by atoms with Crippen LogP contribution >= 0.6 is 0 Å². The van der Waals surface area contributed by atoms with Crippen molar-refractivity contribution >= 4 is 0 Å². The highest BCUT2D eigenvalue weighted by molar-refractivity contribution is 5.15. The third kappa shape index (κ3) is 4.00. The summed E-state index contributed by atoms with van der Waals surface area (Å²) in [6, 6.07) is 10.1. The maximum Gasteiger partial charge on any atom is 0.256 e. The number of benzene rings is 1. The molecule has 0 radical (unpaired) electrons. The molecule has 0 saturated heterocycles. The molecule has 1 rings (SSSR count). The van der Waals surface area contributed by atoms with E-state index in [1.54, 1.807) is 0 Å². The summed E-state index contributed by atoms with van der Waals surface area (Å²) in [5, 5.41) is 12.9. The summed E-state index contributed by atoms with van der Waals surface area (Å²) < 4.78 is 0. The lowest BCUT2D eigenvalue weighted by atomic mass is 10.1. The van der Waals surface area contributed by atoms with E-state index in [9.17, 15) is 10.1 Å². The zero-order valence-electron chi connectivity index (χ0n) is 8.14. The van der Waals surface area contributed by atoms with E-state index in [2.05, 4.69) is 5.32 Å². The second kappa shape index (κ2) is 5.34. The smallest absolute Gasteiger partial charge is 0.256 e. The van der Waals surface area contributed by atoms with E-state index in [1.807, 2.05) is 37.3 Å². The fourth-order valence-electron chi connectivity index (χ4n) is 1.27. The second-order valence-electron chi connectivity index (χ2n) is 3.29. The van der Waals surface area contributed by atoms with Gasteiger partial charge in [-0.3, -0.25) is 15.4 Å². The minimum atomic E-state index is -0.360. The van der Waals surface area contributed by atoms with Gasteiger partial charge < -0.3 is 0 Å². The van der Waals surface area contributed by atoms with Crippen molar-refractivity contribution in [1.29, 1.82) is 0 Å². The summed E-state index contributed by atoms with van der Waals surface area (Å²) in [7, 11) is 0. The van der Waals surface area contributed by atoms with Gasteiger partial charge in [0.05, 0.1) is 0 Å². The first-order valence-electron chi connectivity index (χ1n) is 4.57. The minimum Gasteiger partial charge on any atom is -0.263 e. The first-order valence-corrected chi connectivity index (χ1v) is 4.57. The summed E-state index contributed by atoms with van der Waals surface area (Å²) in [6.07, 6.45) is 0.814. The number of hydrogen-bond donors (Lipinski definition) is 1. The number of rotatable bonds is 5. The Hall–Kier alpha value is -1.42. The molecule has 4 nitrogen and oxygen atoms in total. The number of hydrogen-bond acceptors (Lipinski definition) is 3. The van der Waals surface area contributed by atoms with Crippen molar-refractivity contribution in [3.8, 4) is 0 Å². The van der Waals surface area contributed by atoms with Crippen molar-refractivity contribution < 1.29 is 4.92 Å². The lowest BCUT2D eigenvalue weighted by molar-refractivity contribution is -0.486. The monoisotopic (exact) mass is 194 g/mol. The van der Waals surface area contributed by atoms with E-state index < -0.39 is 0 Å². The van der Waals surface area contributed by atoms with Crippen LogP contribution < -0.4 is 5.32 Å². The first kappa shape index (κ1) is 10.7. The third-order valence-corrected chi connectivity index (χ3v) is 1.95. The highest BCUT2D eigenvalue weighted by atomic mass is 16.6. The Labute approximate surface area is 83.1 Å². The van der Waals surface area contributed by atoms with Crippen LogP contribution in [0.25, 0.3) is 0 Å². The maximum absolute atomic E-state index is 10.1. The van der Waals surface area contributed by atoms with Gasteiger partial charge in [-0.2, -0.15) is 0 Å². The van der Waals surface area contributed by atoms with Crippen LogP contribution in [0, 0.1) is 10.1 Å². The van der Waals surface area contributed by atoms with Gasteiger partial charge in [0.15, 0.2) is 0 Å². The normalized spacial score (nSPS) is 12.4. The molecule has 1 unspecified atom stereocenters. The Bertz CT molecular complexity index is 287. The molecule has 1 atom stereocenters. The molecule has 0 spiro atoms. The lowest BCUT2D eigenvalue weighted by Crippen LogP contribution is -2.32. The Morgan fingerprint density at radius 2 is 2.07 bits per heavy atom. The molecule has 14 heavy (non-hydrogen) atoms.